The van der Waals surface area contributed by atoms with E-state index in [9.17, 15) is 0 Å². The first-order chi connectivity index (χ1) is 7.77. The first-order valence-corrected chi connectivity index (χ1v) is 5.11. The van der Waals surface area contributed by atoms with Gasteiger partial charge in [0.2, 0.25) is 0 Å². The summed E-state index contributed by atoms with van der Waals surface area (Å²) in [6.45, 7) is 0. The average Bonchev–Trinajstić information content (AvgIpc) is 2.86. The molecule has 3 rings (SSSR count). The van der Waals surface area contributed by atoms with Gasteiger partial charge in [0, 0.05) is 6.20 Å². The molecule has 0 amide bonds. The predicted octanol–water partition coefficient (Wildman–Crippen LogP) is 2.83. The molecule has 0 radical (unpaired) electrons. The van der Waals surface area contributed by atoms with E-state index in [0.717, 1.165) is 0 Å². The van der Waals surface area contributed by atoms with E-state index in [0.29, 0.717) is 27.9 Å². The second-order valence-electron chi connectivity index (χ2n) is 3.39. The first-order valence-electron chi connectivity index (χ1n) is 4.73. The molecule has 0 fully saturated rings. The van der Waals surface area contributed by atoms with Crippen LogP contribution in [0.2, 0.25) is 5.15 Å². The van der Waals surface area contributed by atoms with Gasteiger partial charge >= 0.3 is 0 Å². The quantitative estimate of drug-likeness (QED) is 0.703. The molecule has 3 aromatic heterocycles. The number of pyridine rings is 1. The molecule has 5 heteroatoms. The minimum absolute atomic E-state index is 0.379. The summed E-state index contributed by atoms with van der Waals surface area (Å²) in [4.78, 5) is 4.25. The van der Waals surface area contributed by atoms with Gasteiger partial charge in [-0.15, -0.1) is 0 Å². The van der Waals surface area contributed by atoms with E-state index in [2.05, 4.69) is 4.98 Å². The van der Waals surface area contributed by atoms with Crippen molar-refractivity contribution in [3.63, 3.8) is 0 Å². The van der Waals surface area contributed by atoms with Gasteiger partial charge in [-0.25, -0.2) is 4.98 Å². The van der Waals surface area contributed by atoms with Crippen molar-refractivity contribution < 1.29 is 4.42 Å². The maximum absolute atomic E-state index is 6.05. The van der Waals surface area contributed by atoms with Crippen molar-refractivity contribution in [2.75, 3.05) is 5.73 Å². The number of imidazole rings is 1. The number of rotatable bonds is 1. The zero-order valence-corrected chi connectivity index (χ0v) is 8.98. The minimum atomic E-state index is 0.379. The molecule has 0 aliphatic heterocycles. The smallest absolute Gasteiger partial charge is 0.182 e. The lowest BCUT2D eigenvalue weighted by molar-refractivity contribution is 0.577. The van der Waals surface area contributed by atoms with Crippen molar-refractivity contribution in [3.05, 3.63) is 41.9 Å². The van der Waals surface area contributed by atoms with Crippen LogP contribution < -0.4 is 5.73 Å². The van der Waals surface area contributed by atoms with Crippen LogP contribution in [0, 0.1) is 0 Å². The fourth-order valence-electron chi connectivity index (χ4n) is 1.70. The summed E-state index contributed by atoms with van der Waals surface area (Å²) in [5, 5.41) is 0.379. The van der Waals surface area contributed by atoms with Gasteiger partial charge in [0.15, 0.2) is 16.7 Å². The Hall–Kier alpha value is -1.94. The lowest BCUT2D eigenvalue weighted by Gasteiger charge is -1.99. The molecule has 0 aliphatic carbocycles. The van der Waals surface area contributed by atoms with Gasteiger partial charge in [-0.2, -0.15) is 0 Å². The highest BCUT2D eigenvalue weighted by Gasteiger charge is 2.14. The standard InChI is InChI=1S/C11H8ClN3O/c12-10-9-7(13)3-1-5-15(9)11(14-10)8-4-2-6-16-8/h1-6H,13H2. The lowest BCUT2D eigenvalue weighted by Crippen LogP contribution is -1.92. The number of nitrogens with two attached hydrogens (primary N) is 1. The highest BCUT2D eigenvalue weighted by atomic mass is 35.5. The van der Waals surface area contributed by atoms with Gasteiger partial charge in [0.05, 0.1) is 12.0 Å². The molecule has 0 atom stereocenters. The Kier molecular flexibility index (Phi) is 1.91. The molecule has 0 bridgehead atoms. The molecule has 0 saturated heterocycles. The van der Waals surface area contributed by atoms with Crippen LogP contribution in [0.4, 0.5) is 5.69 Å². The fourth-order valence-corrected chi connectivity index (χ4v) is 1.98. The van der Waals surface area contributed by atoms with Crippen molar-refractivity contribution in [3.8, 4) is 11.6 Å². The number of aromatic nitrogens is 2. The number of halogens is 1. The Morgan fingerprint density at radius 2 is 2.19 bits per heavy atom. The Balaban J connectivity index is 2.40. The number of hydrogen-bond donors (Lipinski definition) is 1. The van der Waals surface area contributed by atoms with E-state index in [1.807, 2.05) is 22.7 Å². The Morgan fingerprint density at radius 3 is 2.94 bits per heavy atom. The van der Waals surface area contributed by atoms with Crippen molar-refractivity contribution in [1.82, 2.24) is 9.38 Å². The average molecular weight is 234 g/mol. The molecule has 16 heavy (non-hydrogen) atoms. The second kappa shape index (κ2) is 3.28. The molecule has 4 nitrogen and oxygen atoms in total. The SMILES string of the molecule is Nc1cccn2c(-c3ccco3)nc(Cl)c12. The maximum Gasteiger partial charge on any atom is 0.182 e. The van der Waals surface area contributed by atoms with Crippen LogP contribution in [-0.4, -0.2) is 9.38 Å². The second-order valence-corrected chi connectivity index (χ2v) is 3.74. The van der Waals surface area contributed by atoms with Crippen molar-refractivity contribution in [2.45, 2.75) is 0 Å². The number of nitrogens with zero attached hydrogens (tertiary/aromatic N) is 2. The molecule has 0 unspecified atom stereocenters. The summed E-state index contributed by atoms with van der Waals surface area (Å²) in [7, 11) is 0. The van der Waals surface area contributed by atoms with E-state index in [4.69, 9.17) is 21.8 Å². The molecule has 0 saturated carbocycles. The maximum atomic E-state index is 6.05. The van der Waals surface area contributed by atoms with E-state index >= 15 is 0 Å². The topological polar surface area (TPSA) is 56.5 Å². The number of anilines is 1. The van der Waals surface area contributed by atoms with Gasteiger partial charge in [0.25, 0.3) is 0 Å². The van der Waals surface area contributed by atoms with Crippen molar-refractivity contribution in [2.24, 2.45) is 0 Å². The van der Waals surface area contributed by atoms with E-state index < -0.39 is 0 Å². The third-order valence-electron chi connectivity index (χ3n) is 2.39. The number of fused-ring (bicyclic) bond motifs is 1. The van der Waals surface area contributed by atoms with E-state index in [1.165, 1.54) is 0 Å². The summed E-state index contributed by atoms with van der Waals surface area (Å²) in [5.74, 6) is 1.31. The van der Waals surface area contributed by atoms with Gasteiger partial charge in [0.1, 0.15) is 5.52 Å². The highest BCUT2D eigenvalue weighted by Crippen LogP contribution is 2.29. The van der Waals surface area contributed by atoms with Gasteiger partial charge in [-0.3, -0.25) is 4.40 Å². The fraction of sp³-hybridized carbons (Fsp3) is 0. The highest BCUT2D eigenvalue weighted by molar-refractivity contribution is 6.33. The molecule has 80 valence electrons. The minimum Gasteiger partial charge on any atom is -0.461 e. The third kappa shape index (κ3) is 1.20. The van der Waals surface area contributed by atoms with Gasteiger partial charge < -0.3 is 10.2 Å². The van der Waals surface area contributed by atoms with Crippen LogP contribution in [0.1, 0.15) is 0 Å². The summed E-state index contributed by atoms with van der Waals surface area (Å²) < 4.78 is 7.11. The van der Waals surface area contributed by atoms with Crippen LogP contribution in [0.25, 0.3) is 17.1 Å². The Morgan fingerprint density at radius 1 is 1.31 bits per heavy atom. The molecule has 0 aromatic carbocycles. The molecule has 3 aromatic rings. The molecule has 3 heterocycles. The van der Waals surface area contributed by atoms with Crippen LogP contribution >= 0.6 is 11.6 Å². The monoisotopic (exact) mass is 233 g/mol. The van der Waals surface area contributed by atoms with Crippen LogP contribution in [0.3, 0.4) is 0 Å². The van der Waals surface area contributed by atoms with Crippen LogP contribution in [0.5, 0.6) is 0 Å². The molecule has 0 spiro atoms. The number of nitrogen functional groups attached to an aromatic ring is 1. The van der Waals surface area contributed by atoms with Crippen molar-refractivity contribution >= 4 is 22.8 Å². The van der Waals surface area contributed by atoms with Crippen LogP contribution in [0.15, 0.2) is 41.1 Å². The summed E-state index contributed by atoms with van der Waals surface area (Å²) in [5.41, 5.74) is 7.15. The Labute approximate surface area is 96.3 Å². The van der Waals surface area contributed by atoms with Gasteiger partial charge in [-0.05, 0) is 24.3 Å². The number of hydrogen-bond acceptors (Lipinski definition) is 3. The summed E-state index contributed by atoms with van der Waals surface area (Å²) in [6.07, 6.45) is 3.44. The first kappa shape index (κ1) is 9.30. The summed E-state index contributed by atoms with van der Waals surface area (Å²) >= 11 is 6.05. The molecular formula is C11H8ClN3O. The molecule has 2 N–H and O–H groups in total. The predicted molar refractivity (Wildman–Crippen MR) is 62.3 cm³/mol. The van der Waals surface area contributed by atoms with Gasteiger partial charge in [-0.1, -0.05) is 11.6 Å². The third-order valence-corrected chi connectivity index (χ3v) is 2.66. The zero-order chi connectivity index (χ0) is 11.1. The van der Waals surface area contributed by atoms with E-state index in [1.54, 1.807) is 18.4 Å². The van der Waals surface area contributed by atoms with Crippen molar-refractivity contribution in [1.29, 1.82) is 0 Å². The molecule has 0 aliphatic rings. The molecular weight excluding hydrogens is 226 g/mol. The lowest BCUT2D eigenvalue weighted by atomic mass is 10.3. The zero-order valence-electron chi connectivity index (χ0n) is 8.22. The Bertz CT molecular complexity index is 643. The largest absolute Gasteiger partial charge is 0.461 e. The number of furan rings is 1. The normalized spacial score (nSPS) is 11.1. The van der Waals surface area contributed by atoms with Crippen LogP contribution in [-0.2, 0) is 0 Å². The summed E-state index contributed by atoms with van der Waals surface area (Å²) in [6, 6.07) is 7.26. The van der Waals surface area contributed by atoms with E-state index in [-0.39, 0.29) is 0 Å².